The van der Waals surface area contributed by atoms with E-state index in [1.165, 1.54) is 25.7 Å². The Morgan fingerprint density at radius 3 is 2.40 bits per heavy atom. The molecule has 0 spiro atoms. The number of unbranched alkanes of at least 4 members (excludes halogenated alkanes) is 4. The predicted octanol–water partition coefficient (Wildman–Crippen LogP) is 2.93. The van der Waals surface area contributed by atoms with Crippen LogP contribution in [0.25, 0.3) is 0 Å². The molecule has 1 unspecified atom stereocenters. The maximum Gasteiger partial charge on any atom is 0.334 e. The number of hydrogen-bond acceptors (Lipinski definition) is 3. The summed E-state index contributed by atoms with van der Waals surface area (Å²) in [6.07, 6.45) is 5.59. The molecular weight excluding hydrogens is 192 g/mol. The van der Waals surface area contributed by atoms with E-state index in [9.17, 15) is 4.79 Å². The van der Waals surface area contributed by atoms with E-state index in [0.717, 1.165) is 6.42 Å². The smallest absolute Gasteiger partial charge is 0.334 e. The molecule has 90 valence electrons. The number of esters is 1. The molecule has 0 saturated heterocycles. The van der Waals surface area contributed by atoms with Crippen molar-refractivity contribution in [3.63, 3.8) is 0 Å². The van der Waals surface area contributed by atoms with Crippen molar-refractivity contribution in [3.8, 4) is 0 Å². The normalized spacial score (nSPS) is 12.5. The summed E-state index contributed by atoms with van der Waals surface area (Å²) in [4.78, 5) is 11.2. The fourth-order valence-electron chi connectivity index (χ4n) is 1.29. The van der Waals surface area contributed by atoms with Crippen LogP contribution in [0.3, 0.4) is 0 Å². The van der Waals surface area contributed by atoms with Gasteiger partial charge in [0.05, 0.1) is 6.61 Å². The first-order valence-electron chi connectivity index (χ1n) is 6.00. The fourth-order valence-corrected chi connectivity index (χ4v) is 1.29. The Morgan fingerprint density at radius 2 is 1.80 bits per heavy atom. The molecule has 0 rings (SSSR count). The Morgan fingerprint density at radius 1 is 1.13 bits per heavy atom. The van der Waals surface area contributed by atoms with Gasteiger partial charge in [-0.25, -0.2) is 4.79 Å². The van der Waals surface area contributed by atoms with Crippen molar-refractivity contribution in [1.82, 2.24) is 0 Å². The maximum absolute atomic E-state index is 11.2. The molecule has 0 aromatic carbocycles. The van der Waals surface area contributed by atoms with Crippen LogP contribution in [0.1, 0.15) is 52.9 Å². The number of rotatable bonds is 9. The van der Waals surface area contributed by atoms with Gasteiger partial charge >= 0.3 is 5.97 Å². The summed E-state index contributed by atoms with van der Waals surface area (Å²) in [5.41, 5.74) is 0. The van der Waals surface area contributed by atoms with Gasteiger partial charge < -0.3 is 9.47 Å². The van der Waals surface area contributed by atoms with Crippen molar-refractivity contribution >= 4 is 5.97 Å². The molecule has 15 heavy (non-hydrogen) atoms. The average Bonchev–Trinajstić information content (AvgIpc) is 2.23. The first-order chi connectivity index (χ1) is 7.22. The van der Waals surface area contributed by atoms with Crippen molar-refractivity contribution < 1.29 is 14.3 Å². The van der Waals surface area contributed by atoms with Gasteiger partial charge in [-0.15, -0.1) is 0 Å². The minimum absolute atomic E-state index is 0.258. The molecule has 3 nitrogen and oxygen atoms in total. The van der Waals surface area contributed by atoms with Gasteiger partial charge in [-0.1, -0.05) is 32.6 Å². The molecule has 0 radical (unpaired) electrons. The van der Waals surface area contributed by atoms with E-state index in [0.29, 0.717) is 13.2 Å². The highest BCUT2D eigenvalue weighted by Gasteiger charge is 2.13. The Hall–Kier alpha value is -0.570. The lowest BCUT2D eigenvalue weighted by Gasteiger charge is -2.11. The number of hydrogen-bond donors (Lipinski definition) is 0. The standard InChI is InChI=1S/C12H24O3/c1-4-6-7-8-9-10-15-11(3)12(13)14-5-2/h11H,4-10H2,1-3H3. The van der Waals surface area contributed by atoms with Crippen LogP contribution >= 0.6 is 0 Å². The lowest BCUT2D eigenvalue weighted by atomic mass is 10.2. The molecule has 0 aromatic rings. The zero-order valence-corrected chi connectivity index (χ0v) is 10.3. The Kier molecular flexibility index (Phi) is 9.59. The van der Waals surface area contributed by atoms with Gasteiger partial charge in [-0.3, -0.25) is 0 Å². The van der Waals surface area contributed by atoms with Gasteiger partial charge in [0, 0.05) is 6.61 Å². The zero-order valence-electron chi connectivity index (χ0n) is 10.3. The van der Waals surface area contributed by atoms with Gasteiger partial charge in [0.1, 0.15) is 0 Å². The summed E-state index contributed by atoms with van der Waals surface area (Å²) in [6.45, 7) is 6.81. The largest absolute Gasteiger partial charge is 0.464 e. The summed E-state index contributed by atoms with van der Waals surface area (Å²) in [5, 5.41) is 0. The second-order valence-corrected chi connectivity index (χ2v) is 3.68. The SMILES string of the molecule is CCCCCCCOC(C)C(=O)OCC. The quantitative estimate of drug-likeness (QED) is 0.439. The molecule has 0 aromatic heterocycles. The Bertz CT molecular complexity index is 157. The van der Waals surface area contributed by atoms with Crippen LogP contribution in [0, 0.1) is 0 Å². The molecule has 0 amide bonds. The fraction of sp³-hybridized carbons (Fsp3) is 0.917. The summed E-state index contributed by atoms with van der Waals surface area (Å²) >= 11 is 0. The predicted molar refractivity (Wildman–Crippen MR) is 60.8 cm³/mol. The van der Waals surface area contributed by atoms with Gasteiger partial charge in [0.25, 0.3) is 0 Å². The molecule has 0 aliphatic rings. The van der Waals surface area contributed by atoms with Gasteiger partial charge in [-0.05, 0) is 20.3 Å². The monoisotopic (exact) mass is 216 g/mol. The zero-order chi connectivity index (χ0) is 11.5. The van der Waals surface area contributed by atoms with E-state index in [2.05, 4.69) is 6.92 Å². The summed E-state index contributed by atoms with van der Waals surface area (Å²) in [5.74, 6) is -0.258. The van der Waals surface area contributed by atoms with Crippen LogP contribution in [0.2, 0.25) is 0 Å². The summed E-state index contributed by atoms with van der Waals surface area (Å²) < 4.78 is 10.2. The molecule has 3 heteroatoms. The van der Waals surface area contributed by atoms with Crippen LogP contribution in [0.5, 0.6) is 0 Å². The molecule has 0 fully saturated rings. The van der Waals surface area contributed by atoms with E-state index < -0.39 is 6.10 Å². The van der Waals surface area contributed by atoms with Crippen LogP contribution in [0.15, 0.2) is 0 Å². The van der Waals surface area contributed by atoms with E-state index in [1.807, 2.05) is 0 Å². The van der Waals surface area contributed by atoms with E-state index >= 15 is 0 Å². The molecular formula is C12H24O3. The van der Waals surface area contributed by atoms with Gasteiger partial charge in [0.15, 0.2) is 6.10 Å². The van der Waals surface area contributed by atoms with Crippen molar-refractivity contribution in [3.05, 3.63) is 0 Å². The lowest BCUT2D eigenvalue weighted by molar-refractivity contribution is -0.155. The maximum atomic E-state index is 11.2. The lowest BCUT2D eigenvalue weighted by Crippen LogP contribution is -2.23. The van der Waals surface area contributed by atoms with Crippen molar-refractivity contribution in [2.75, 3.05) is 13.2 Å². The topological polar surface area (TPSA) is 35.5 Å². The second-order valence-electron chi connectivity index (χ2n) is 3.68. The third-order valence-electron chi connectivity index (χ3n) is 2.23. The highest BCUT2D eigenvalue weighted by atomic mass is 16.6. The Labute approximate surface area is 93.1 Å². The highest BCUT2D eigenvalue weighted by Crippen LogP contribution is 2.04. The van der Waals surface area contributed by atoms with Crippen LogP contribution in [-0.4, -0.2) is 25.3 Å². The summed E-state index contributed by atoms with van der Waals surface area (Å²) in [7, 11) is 0. The van der Waals surface area contributed by atoms with Crippen molar-refractivity contribution in [2.24, 2.45) is 0 Å². The first-order valence-corrected chi connectivity index (χ1v) is 6.00. The molecule has 0 aliphatic heterocycles. The molecule has 1 atom stereocenters. The highest BCUT2D eigenvalue weighted by molar-refractivity contribution is 5.74. The first kappa shape index (κ1) is 14.4. The van der Waals surface area contributed by atoms with Crippen LogP contribution < -0.4 is 0 Å². The van der Waals surface area contributed by atoms with Crippen LogP contribution in [0.4, 0.5) is 0 Å². The van der Waals surface area contributed by atoms with Gasteiger partial charge in [0.2, 0.25) is 0 Å². The van der Waals surface area contributed by atoms with Crippen LogP contribution in [-0.2, 0) is 14.3 Å². The summed E-state index contributed by atoms with van der Waals surface area (Å²) in [6, 6.07) is 0. The molecule has 0 N–H and O–H groups in total. The second kappa shape index (κ2) is 9.97. The van der Waals surface area contributed by atoms with Crippen molar-refractivity contribution in [2.45, 2.75) is 59.0 Å². The minimum atomic E-state index is -0.420. The Balaban J connectivity index is 3.30. The molecule has 0 heterocycles. The van der Waals surface area contributed by atoms with Gasteiger partial charge in [-0.2, -0.15) is 0 Å². The van der Waals surface area contributed by atoms with E-state index in [-0.39, 0.29) is 5.97 Å². The average molecular weight is 216 g/mol. The minimum Gasteiger partial charge on any atom is -0.464 e. The van der Waals surface area contributed by atoms with E-state index in [4.69, 9.17) is 9.47 Å². The number of ether oxygens (including phenoxy) is 2. The number of carbonyl (C=O) groups excluding carboxylic acids is 1. The third-order valence-corrected chi connectivity index (χ3v) is 2.23. The third kappa shape index (κ3) is 8.43. The molecule has 0 aliphatic carbocycles. The number of carbonyl (C=O) groups is 1. The van der Waals surface area contributed by atoms with E-state index in [1.54, 1.807) is 13.8 Å². The molecule has 0 bridgehead atoms. The van der Waals surface area contributed by atoms with Crippen molar-refractivity contribution in [1.29, 1.82) is 0 Å². The molecule has 0 saturated carbocycles.